The van der Waals surface area contributed by atoms with Crippen LogP contribution in [-0.2, 0) is 4.74 Å². The second kappa shape index (κ2) is 6.60. The van der Waals surface area contributed by atoms with Crippen molar-refractivity contribution < 1.29 is 18.6 Å². The fraction of sp³-hybridized carbons (Fsp3) is 0.600. The molecule has 0 amide bonds. The standard InChI is InChI=1S/C15H19F2NO2S/c16-10-1-2-11(12(17)7-10)14(19)8-18-4-6-21-15-9-20-5-3-13(15)18/h1-2,7,13-15,19H,3-6,8-9H2. The summed E-state index contributed by atoms with van der Waals surface area (Å²) in [4.78, 5) is 2.22. The molecule has 2 heterocycles. The van der Waals surface area contributed by atoms with E-state index in [4.69, 9.17) is 4.74 Å². The van der Waals surface area contributed by atoms with Gasteiger partial charge in [0, 0.05) is 48.4 Å². The lowest BCUT2D eigenvalue weighted by atomic mass is 10.0. The largest absolute Gasteiger partial charge is 0.387 e. The normalized spacial score (nSPS) is 28.1. The van der Waals surface area contributed by atoms with E-state index in [-0.39, 0.29) is 5.56 Å². The van der Waals surface area contributed by atoms with Gasteiger partial charge in [-0.1, -0.05) is 6.07 Å². The van der Waals surface area contributed by atoms with Gasteiger partial charge in [-0.2, -0.15) is 11.8 Å². The van der Waals surface area contributed by atoms with Gasteiger partial charge in [0.2, 0.25) is 0 Å². The maximum absolute atomic E-state index is 13.7. The molecule has 3 unspecified atom stereocenters. The molecular weight excluding hydrogens is 296 g/mol. The van der Waals surface area contributed by atoms with Gasteiger partial charge in [-0.25, -0.2) is 8.78 Å². The molecule has 1 N–H and O–H groups in total. The SMILES string of the molecule is OC(CN1CCSC2COCCC21)c1ccc(F)cc1F. The van der Waals surface area contributed by atoms with Crippen molar-refractivity contribution in [1.82, 2.24) is 4.90 Å². The molecular formula is C15H19F2NO2S. The van der Waals surface area contributed by atoms with Gasteiger partial charge in [0.25, 0.3) is 0 Å². The highest BCUT2D eigenvalue weighted by Gasteiger charge is 2.35. The van der Waals surface area contributed by atoms with Crippen molar-refractivity contribution in [2.45, 2.75) is 23.8 Å². The van der Waals surface area contributed by atoms with E-state index in [9.17, 15) is 13.9 Å². The van der Waals surface area contributed by atoms with Crippen LogP contribution in [0.4, 0.5) is 8.78 Å². The van der Waals surface area contributed by atoms with E-state index in [2.05, 4.69) is 4.90 Å². The Bertz CT molecular complexity index is 501. The van der Waals surface area contributed by atoms with Gasteiger partial charge < -0.3 is 9.84 Å². The molecule has 3 atom stereocenters. The second-order valence-electron chi connectivity index (χ2n) is 5.52. The highest BCUT2D eigenvalue weighted by Crippen LogP contribution is 2.31. The number of ether oxygens (including phenoxy) is 1. The lowest BCUT2D eigenvalue weighted by Gasteiger charge is -2.44. The highest BCUT2D eigenvalue weighted by molar-refractivity contribution is 8.00. The van der Waals surface area contributed by atoms with E-state index in [1.54, 1.807) is 0 Å². The van der Waals surface area contributed by atoms with Crippen LogP contribution in [0.1, 0.15) is 18.1 Å². The molecule has 0 radical (unpaired) electrons. The molecule has 3 nitrogen and oxygen atoms in total. The third kappa shape index (κ3) is 3.39. The molecule has 3 rings (SSSR count). The minimum atomic E-state index is -0.933. The summed E-state index contributed by atoms with van der Waals surface area (Å²) in [5.74, 6) is -0.317. The zero-order chi connectivity index (χ0) is 14.8. The molecule has 2 aliphatic rings. The summed E-state index contributed by atoms with van der Waals surface area (Å²) in [5, 5.41) is 10.7. The lowest BCUT2D eigenvalue weighted by molar-refractivity contribution is 0.0172. The van der Waals surface area contributed by atoms with Gasteiger partial charge in [-0.3, -0.25) is 4.90 Å². The zero-order valence-corrected chi connectivity index (χ0v) is 12.5. The van der Waals surface area contributed by atoms with Crippen LogP contribution >= 0.6 is 11.8 Å². The first-order valence-electron chi connectivity index (χ1n) is 7.21. The van der Waals surface area contributed by atoms with Crippen molar-refractivity contribution >= 4 is 11.8 Å². The fourth-order valence-corrected chi connectivity index (χ4v) is 4.45. The number of hydrogen-bond acceptors (Lipinski definition) is 4. The summed E-state index contributed by atoms with van der Waals surface area (Å²) in [6, 6.07) is 3.71. The average Bonchev–Trinajstić information content (AvgIpc) is 2.47. The van der Waals surface area contributed by atoms with Gasteiger partial charge in [0.1, 0.15) is 11.6 Å². The Morgan fingerprint density at radius 3 is 3.10 bits per heavy atom. The molecule has 0 aromatic heterocycles. The van der Waals surface area contributed by atoms with Crippen LogP contribution < -0.4 is 0 Å². The quantitative estimate of drug-likeness (QED) is 0.927. The Labute approximate surface area is 127 Å². The van der Waals surface area contributed by atoms with Crippen LogP contribution in [0.15, 0.2) is 18.2 Å². The number of aliphatic hydroxyl groups is 1. The molecule has 0 saturated carbocycles. The second-order valence-corrected chi connectivity index (χ2v) is 6.86. The van der Waals surface area contributed by atoms with Crippen molar-refractivity contribution in [3.63, 3.8) is 0 Å². The van der Waals surface area contributed by atoms with Crippen LogP contribution in [0.5, 0.6) is 0 Å². The van der Waals surface area contributed by atoms with E-state index < -0.39 is 17.7 Å². The van der Waals surface area contributed by atoms with Crippen molar-refractivity contribution in [3.8, 4) is 0 Å². The minimum Gasteiger partial charge on any atom is -0.387 e. The first-order valence-corrected chi connectivity index (χ1v) is 8.26. The van der Waals surface area contributed by atoms with Crippen molar-refractivity contribution in [3.05, 3.63) is 35.4 Å². The van der Waals surface area contributed by atoms with E-state index in [1.165, 1.54) is 12.1 Å². The Morgan fingerprint density at radius 2 is 2.29 bits per heavy atom. The predicted molar refractivity (Wildman–Crippen MR) is 78.4 cm³/mol. The van der Waals surface area contributed by atoms with E-state index >= 15 is 0 Å². The number of β-amino-alcohol motifs (C(OH)–C–C–N with tert-alkyl or cyclic N) is 1. The number of fused-ring (bicyclic) bond motifs is 1. The molecule has 2 fully saturated rings. The summed E-state index contributed by atoms with van der Waals surface area (Å²) in [6.45, 7) is 2.74. The highest BCUT2D eigenvalue weighted by atomic mass is 32.2. The number of hydrogen-bond donors (Lipinski definition) is 1. The maximum Gasteiger partial charge on any atom is 0.131 e. The molecule has 1 aromatic carbocycles. The lowest BCUT2D eigenvalue weighted by Crippen LogP contribution is -2.53. The summed E-state index contributed by atoms with van der Waals surface area (Å²) >= 11 is 1.91. The summed E-state index contributed by atoms with van der Waals surface area (Å²) in [6.07, 6.45) is 0.00761. The monoisotopic (exact) mass is 315 g/mol. The van der Waals surface area contributed by atoms with Gasteiger partial charge in [0.15, 0.2) is 0 Å². The van der Waals surface area contributed by atoms with Crippen molar-refractivity contribution in [2.75, 3.05) is 32.1 Å². The van der Waals surface area contributed by atoms with Crippen molar-refractivity contribution in [1.29, 1.82) is 0 Å². The Morgan fingerprint density at radius 1 is 1.43 bits per heavy atom. The molecule has 2 aliphatic heterocycles. The fourth-order valence-electron chi connectivity index (χ4n) is 3.08. The summed E-state index contributed by atoms with van der Waals surface area (Å²) < 4.78 is 32.2. The summed E-state index contributed by atoms with van der Waals surface area (Å²) in [7, 11) is 0. The van der Waals surface area contributed by atoms with Crippen LogP contribution in [0.3, 0.4) is 0 Å². The smallest absolute Gasteiger partial charge is 0.131 e. The Balaban J connectivity index is 1.69. The van der Waals surface area contributed by atoms with Gasteiger partial charge >= 0.3 is 0 Å². The number of halogens is 2. The number of aliphatic hydroxyl groups excluding tert-OH is 1. The first-order chi connectivity index (χ1) is 10.1. The molecule has 2 saturated heterocycles. The Kier molecular flexibility index (Phi) is 4.78. The third-order valence-electron chi connectivity index (χ3n) is 4.18. The number of thioether (sulfide) groups is 1. The number of nitrogens with zero attached hydrogens (tertiary/aromatic N) is 1. The van der Waals surface area contributed by atoms with Crippen LogP contribution in [-0.4, -0.2) is 53.4 Å². The number of rotatable bonds is 3. The minimum absolute atomic E-state index is 0.165. The van der Waals surface area contributed by atoms with E-state index in [0.29, 0.717) is 17.8 Å². The van der Waals surface area contributed by atoms with Crippen LogP contribution in [0, 0.1) is 11.6 Å². The molecule has 0 bridgehead atoms. The van der Waals surface area contributed by atoms with Gasteiger partial charge in [-0.15, -0.1) is 0 Å². The van der Waals surface area contributed by atoms with Gasteiger partial charge in [-0.05, 0) is 12.5 Å². The molecule has 0 spiro atoms. The Hall–Kier alpha value is -0.690. The summed E-state index contributed by atoms with van der Waals surface area (Å²) in [5.41, 5.74) is 0.165. The molecule has 21 heavy (non-hydrogen) atoms. The third-order valence-corrected chi connectivity index (χ3v) is 5.47. The molecule has 116 valence electrons. The predicted octanol–water partition coefficient (Wildman–Crippen LogP) is 2.20. The first kappa shape index (κ1) is 15.2. The van der Waals surface area contributed by atoms with E-state index in [1.807, 2.05) is 11.8 Å². The topological polar surface area (TPSA) is 32.7 Å². The molecule has 1 aromatic rings. The van der Waals surface area contributed by atoms with Gasteiger partial charge in [0.05, 0.1) is 12.7 Å². The number of benzene rings is 1. The molecule has 6 heteroatoms. The van der Waals surface area contributed by atoms with Crippen molar-refractivity contribution in [2.24, 2.45) is 0 Å². The van der Waals surface area contributed by atoms with E-state index in [0.717, 1.165) is 38.0 Å². The van der Waals surface area contributed by atoms with Crippen LogP contribution in [0.2, 0.25) is 0 Å². The van der Waals surface area contributed by atoms with Crippen LogP contribution in [0.25, 0.3) is 0 Å². The molecule has 0 aliphatic carbocycles. The average molecular weight is 315 g/mol. The maximum atomic E-state index is 13.7. The zero-order valence-electron chi connectivity index (χ0n) is 11.7.